The van der Waals surface area contributed by atoms with Crippen LogP contribution in [0.5, 0.6) is 0 Å². The zero-order valence-electron chi connectivity index (χ0n) is 20.4. The van der Waals surface area contributed by atoms with Gasteiger partial charge < -0.3 is 5.32 Å². The van der Waals surface area contributed by atoms with Crippen LogP contribution in [0.4, 0.5) is 0 Å². The molecule has 0 bridgehead atoms. The minimum Gasteiger partial charge on any atom is -0.312 e. The van der Waals surface area contributed by atoms with E-state index < -0.39 is 0 Å². The van der Waals surface area contributed by atoms with E-state index in [-0.39, 0.29) is 0 Å². The first kappa shape index (κ1) is 21.7. The second kappa shape index (κ2) is 8.34. The minimum atomic E-state index is 0.317. The lowest BCUT2D eigenvalue weighted by Gasteiger charge is -2.55. The summed E-state index contributed by atoms with van der Waals surface area (Å²) in [5, 5.41) is 6.63. The van der Waals surface area contributed by atoms with E-state index in [1.807, 2.05) is 0 Å². The first-order valence-corrected chi connectivity index (χ1v) is 12.7. The number of hydrogen-bond donors (Lipinski definition) is 1. The Kier molecular flexibility index (Phi) is 5.66. The van der Waals surface area contributed by atoms with E-state index in [0.29, 0.717) is 16.7 Å². The highest BCUT2D eigenvalue weighted by atomic mass is 14.9. The molecule has 0 heterocycles. The molecule has 0 saturated heterocycles. The quantitative estimate of drug-likeness (QED) is 0.440. The monoisotopic (exact) mass is 425 g/mol. The predicted molar refractivity (Wildman–Crippen MR) is 137 cm³/mol. The van der Waals surface area contributed by atoms with Gasteiger partial charge in [0.15, 0.2) is 0 Å². The van der Waals surface area contributed by atoms with Crippen LogP contribution >= 0.6 is 0 Å². The number of fused-ring (bicyclic) bond motifs is 4. The molecule has 0 aliphatic heterocycles. The van der Waals surface area contributed by atoms with E-state index in [1.54, 1.807) is 11.1 Å². The van der Waals surface area contributed by atoms with Crippen LogP contribution in [0.2, 0.25) is 0 Å². The third kappa shape index (κ3) is 3.69. The SMILES string of the molecule is CC(C)c1ccc2c(c1)CC[C@H]1[C@](C)(CNCc3cccc4ccccc34)CCC[C@]21C. The molecule has 0 spiro atoms. The molecule has 2 aliphatic carbocycles. The smallest absolute Gasteiger partial charge is 0.0211 e. The summed E-state index contributed by atoms with van der Waals surface area (Å²) in [5.41, 5.74) is 6.87. The maximum absolute atomic E-state index is 3.90. The van der Waals surface area contributed by atoms with Crippen LogP contribution in [0, 0.1) is 11.3 Å². The van der Waals surface area contributed by atoms with E-state index in [0.717, 1.165) is 19.0 Å². The summed E-state index contributed by atoms with van der Waals surface area (Å²) in [5.74, 6) is 1.36. The molecule has 3 atom stereocenters. The lowest BCUT2D eigenvalue weighted by molar-refractivity contribution is 0.0257. The van der Waals surface area contributed by atoms with Gasteiger partial charge in [-0.15, -0.1) is 0 Å². The molecular weight excluding hydrogens is 386 g/mol. The molecule has 1 saturated carbocycles. The molecular formula is C31H39N. The van der Waals surface area contributed by atoms with Gasteiger partial charge in [0.2, 0.25) is 0 Å². The minimum absolute atomic E-state index is 0.317. The standard InChI is InChI=1S/C31H39N/c1-22(2)24-13-15-28-25(19-24)14-16-29-30(3,17-8-18-31(28,29)4)21-32-20-26-11-7-10-23-9-5-6-12-27(23)26/h5-7,9-13,15,19,22,29,32H,8,14,16-18,20-21H2,1-4H3/t29-,30-,31+/m0/s1. The fourth-order valence-electron chi connectivity index (χ4n) is 7.14. The van der Waals surface area contributed by atoms with Crippen molar-refractivity contribution in [1.82, 2.24) is 5.32 Å². The Morgan fingerprint density at radius 3 is 2.62 bits per heavy atom. The fraction of sp³-hybridized carbons (Fsp3) is 0.484. The molecule has 0 amide bonds. The van der Waals surface area contributed by atoms with Crippen molar-refractivity contribution in [3.63, 3.8) is 0 Å². The van der Waals surface area contributed by atoms with E-state index in [4.69, 9.17) is 0 Å². The Morgan fingerprint density at radius 1 is 0.969 bits per heavy atom. The summed E-state index contributed by atoms with van der Waals surface area (Å²) >= 11 is 0. The number of rotatable bonds is 5. The molecule has 0 radical (unpaired) electrons. The van der Waals surface area contributed by atoms with Gasteiger partial charge >= 0.3 is 0 Å². The summed E-state index contributed by atoms with van der Waals surface area (Å²) in [7, 11) is 0. The zero-order valence-corrected chi connectivity index (χ0v) is 20.4. The second-order valence-electron chi connectivity index (χ2n) is 11.3. The van der Waals surface area contributed by atoms with Crippen molar-refractivity contribution in [3.8, 4) is 0 Å². The molecule has 5 rings (SSSR count). The molecule has 2 aliphatic rings. The third-order valence-corrected chi connectivity index (χ3v) is 8.89. The van der Waals surface area contributed by atoms with Gasteiger partial charge in [-0.25, -0.2) is 0 Å². The summed E-state index contributed by atoms with van der Waals surface area (Å²) < 4.78 is 0. The molecule has 3 aromatic rings. The van der Waals surface area contributed by atoms with Crippen LogP contribution in [-0.2, 0) is 18.4 Å². The second-order valence-corrected chi connectivity index (χ2v) is 11.3. The Labute approximate surface area is 194 Å². The van der Waals surface area contributed by atoms with Gasteiger partial charge in [0.25, 0.3) is 0 Å². The van der Waals surface area contributed by atoms with Gasteiger partial charge in [-0.3, -0.25) is 0 Å². The van der Waals surface area contributed by atoms with Crippen LogP contribution in [0.15, 0.2) is 60.7 Å². The van der Waals surface area contributed by atoms with E-state index in [9.17, 15) is 0 Å². The summed E-state index contributed by atoms with van der Waals surface area (Å²) in [6.07, 6.45) is 6.59. The van der Waals surface area contributed by atoms with Crippen LogP contribution < -0.4 is 5.32 Å². The van der Waals surface area contributed by atoms with Crippen molar-refractivity contribution in [2.45, 2.75) is 77.7 Å². The normalized spacial score (nSPS) is 27.3. The first-order valence-electron chi connectivity index (χ1n) is 12.7. The molecule has 0 aromatic heterocycles. The van der Waals surface area contributed by atoms with Crippen molar-refractivity contribution < 1.29 is 0 Å². The molecule has 1 nitrogen and oxygen atoms in total. The zero-order chi connectivity index (χ0) is 22.3. The largest absolute Gasteiger partial charge is 0.312 e. The number of hydrogen-bond acceptors (Lipinski definition) is 1. The first-order chi connectivity index (χ1) is 15.4. The molecule has 0 unspecified atom stereocenters. The summed E-state index contributed by atoms with van der Waals surface area (Å²) in [4.78, 5) is 0. The van der Waals surface area contributed by atoms with Crippen LogP contribution in [0.1, 0.15) is 81.5 Å². The van der Waals surface area contributed by atoms with Crippen LogP contribution in [0.3, 0.4) is 0 Å². The summed E-state index contributed by atoms with van der Waals surface area (Å²) in [6, 6.07) is 22.9. The van der Waals surface area contributed by atoms with Gasteiger partial charge in [-0.2, -0.15) is 0 Å². The topological polar surface area (TPSA) is 12.0 Å². The van der Waals surface area contributed by atoms with Gasteiger partial charge in [0, 0.05) is 13.1 Å². The summed E-state index contributed by atoms with van der Waals surface area (Å²) in [6.45, 7) is 11.8. The lowest BCUT2D eigenvalue weighted by atomic mass is 9.49. The van der Waals surface area contributed by atoms with Crippen molar-refractivity contribution in [2.24, 2.45) is 11.3 Å². The van der Waals surface area contributed by atoms with Gasteiger partial charge in [0.05, 0.1) is 0 Å². The van der Waals surface area contributed by atoms with Crippen LogP contribution in [0.25, 0.3) is 10.8 Å². The molecule has 1 heteroatoms. The molecule has 1 fully saturated rings. The van der Waals surface area contributed by atoms with Crippen LogP contribution in [-0.4, -0.2) is 6.54 Å². The molecule has 3 aromatic carbocycles. The Hall–Kier alpha value is -2.12. The van der Waals surface area contributed by atoms with E-state index >= 15 is 0 Å². The van der Waals surface area contributed by atoms with Gasteiger partial charge in [0.1, 0.15) is 0 Å². The Balaban J connectivity index is 1.36. The highest BCUT2D eigenvalue weighted by Crippen LogP contribution is 2.57. The van der Waals surface area contributed by atoms with Crippen molar-refractivity contribution in [2.75, 3.05) is 6.54 Å². The fourth-order valence-corrected chi connectivity index (χ4v) is 7.14. The average Bonchev–Trinajstić information content (AvgIpc) is 2.79. The van der Waals surface area contributed by atoms with E-state index in [1.165, 1.54) is 54.0 Å². The maximum atomic E-state index is 3.90. The average molecular weight is 426 g/mol. The number of nitrogens with one attached hydrogen (secondary N) is 1. The Bertz CT molecular complexity index is 1110. The van der Waals surface area contributed by atoms with Crippen molar-refractivity contribution >= 4 is 10.8 Å². The highest BCUT2D eigenvalue weighted by molar-refractivity contribution is 5.85. The highest BCUT2D eigenvalue weighted by Gasteiger charge is 2.51. The molecule has 32 heavy (non-hydrogen) atoms. The lowest BCUT2D eigenvalue weighted by Crippen LogP contribution is -2.52. The third-order valence-electron chi connectivity index (χ3n) is 8.89. The van der Waals surface area contributed by atoms with Crippen molar-refractivity contribution in [1.29, 1.82) is 0 Å². The maximum Gasteiger partial charge on any atom is 0.0211 e. The predicted octanol–water partition coefficient (Wildman–Crippen LogP) is 7.76. The number of benzene rings is 3. The molecule has 168 valence electrons. The number of aryl methyl sites for hydroxylation is 1. The van der Waals surface area contributed by atoms with Gasteiger partial charge in [-0.1, -0.05) is 94.8 Å². The van der Waals surface area contributed by atoms with E-state index in [2.05, 4.69) is 93.7 Å². The van der Waals surface area contributed by atoms with Gasteiger partial charge in [-0.05, 0) is 81.4 Å². The Morgan fingerprint density at radius 2 is 1.78 bits per heavy atom. The molecule has 1 N–H and O–H groups in total. The van der Waals surface area contributed by atoms with Crippen molar-refractivity contribution in [3.05, 3.63) is 82.9 Å².